The highest BCUT2D eigenvalue weighted by Gasteiger charge is 2.46. The lowest BCUT2D eigenvalue weighted by Crippen LogP contribution is -2.34. The highest BCUT2D eigenvalue weighted by atomic mass is 19.2. The Kier molecular flexibility index (Phi) is 6.26. The van der Waals surface area contributed by atoms with Crippen LogP contribution < -0.4 is 15.8 Å². The van der Waals surface area contributed by atoms with E-state index in [1.807, 2.05) is 20.8 Å². The Morgan fingerprint density at radius 1 is 1.26 bits per heavy atom. The Hall–Kier alpha value is -3.07. The molecule has 166 valence electrons. The highest BCUT2D eigenvalue weighted by Crippen LogP contribution is 2.45. The summed E-state index contributed by atoms with van der Waals surface area (Å²) in [5, 5.41) is 2.69. The summed E-state index contributed by atoms with van der Waals surface area (Å²) in [5.74, 6) is -4.20. The van der Waals surface area contributed by atoms with Crippen LogP contribution in [0, 0.1) is 17.0 Å². The van der Waals surface area contributed by atoms with E-state index in [1.54, 1.807) is 0 Å². The van der Waals surface area contributed by atoms with Crippen LogP contribution in [0.5, 0.6) is 5.75 Å². The number of ether oxygens (including phenoxy) is 2. The molecule has 31 heavy (non-hydrogen) atoms. The minimum absolute atomic E-state index is 0.00321. The number of carbonyl (C=O) groups is 2. The smallest absolute Gasteiger partial charge is 0.267 e. The van der Waals surface area contributed by atoms with Gasteiger partial charge in [0.25, 0.3) is 11.8 Å². The molecule has 0 radical (unpaired) electrons. The molecule has 3 rings (SSSR count). The molecule has 1 aliphatic heterocycles. The lowest BCUT2D eigenvalue weighted by Gasteiger charge is -2.26. The van der Waals surface area contributed by atoms with Gasteiger partial charge >= 0.3 is 0 Å². The molecule has 0 aliphatic carbocycles. The topological polar surface area (TPSA) is 104 Å². The summed E-state index contributed by atoms with van der Waals surface area (Å²) in [6.07, 6.45) is 0.447. The van der Waals surface area contributed by atoms with E-state index in [9.17, 15) is 18.4 Å². The first kappa shape index (κ1) is 22.6. The Morgan fingerprint density at radius 2 is 1.97 bits per heavy atom. The van der Waals surface area contributed by atoms with Gasteiger partial charge in [0.15, 0.2) is 11.6 Å². The van der Waals surface area contributed by atoms with Crippen molar-refractivity contribution in [1.29, 1.82) is 0 Å². The Morgan fingerprint density at radius 3 is 2.58 bits per heavy atom. The van der Waals surface area contributed by atoms with Crippen LogP contribution in [0.15, 0.2) is 30.5 Å². The summed E-state index contributed by atoms with van der Waals surface area (Å²) in [6.45, 7) is 5.92. The highest BCUT2D eigenvalue weighted by molar-refractivity contribution is 5.97. The maximum atomic E-state index is 14.4. The standard InChI is InChI=1S/C22H25F2N3O4/c1-22(2,3)16-10-13(12-5-6-14(23)17(24)18(12)30-4)19(31-16)21(29)27-11-7-8-26-15(9-11)20(25)28/h5-9,13,16,19H,10H2,1-4H3,(H2,25,28)(H,26,27,29)/t13-,16-,19+/m0/s1. The number of nitrogens with zero attached hydrogens (tertiary/aromatic N) is 1. The van der Waals surface area contributed by atoms with E-state index in [1.165, 1.54) is 31.5 Å². The van der Waals surface area contributed by atoms with E-state index < -0.39 is 35.5 Å². The van der Waals surface area contributed by atoms with Gasteiger partial charge in [-0.3, -0.25) is 14.6 Å². The van der Waals surface area contributed by atoms with Crippen LogP contribution in [0.1, 0.15) is 49.2 Å². The number of nitrogens with two attached hydrogens (primary N) is 1. The van der Waals surface area contributed by atoms with Crippen LogP contribution in [0.2, 0.25) is 0 Å². The summed E-state index contributed by atoms with van der Waals surface area (Å²) in [5.41, 5.74) is 5.60. The van der Waals surface area contributed by atoms with Gasteiger partial charge in [0, 0.05) is 23.4 Å². The molecule has 3 N–H and O–H groups in total. The number of nitrogens with one attached hydrogen (secondary N) is 1. The van der Waals surface area contributed by atoms with Crippen LogP contribution in [-0.4, -0.2) is 36.1 Å². The van der Waals surface area contributed by atoms with Gasteiger partial charge in [0.05, 0.1) is 13.2 Å². The third-order valence-electron chi connectivity index (χ3n) is 5.33. The quantitative estimate of drug-likeness (QED) is 0.752. The number of halogens is 2. The normalized spacial score (nSPS) is 21.0. The average Bonchev–Trinajstić information content (AvgIpc) is 3.16. The first-order valence-corrected chi connectivity index (χ1v) is 9.77. The molecular formula is C22H25F2N3O4. The second-order valence-corrected chi connectivity index (χ2v) is 8.52. The van der Waals surface area contributed by atoms with Crippen LogP contribution in [-0.2, 0) is 9.53 Å². The number of aromatic nitrogens is 1. The fraction of sp³-hybridized carbons (Fsp3) is 0.409. The van der Waals surface area contributed by atoms with Crippen molar-refractivity contribution in [2.45, 2.75) is 45.3 Å². The van der Waals surface area contributed by atoms with E-state index in [4.69, 9.17) is 15.2 Å². The van der Waals surface area contributed by atoms with Gasteiger partial charge in [0.1, 0.15) is 11.8 Å². The molecular weight excluding hydrogens is 408 g/mol. The average molecular weight is 433 g/mol. The number of amides is 2. The van der Waals surface area contributed by atoms with E-state index in [0.717, 1.165) is 6.07 Å². The van der Waals surface area contributed by atoms with Crippen molar-refractivity contribution in [2.24, 2.45) is 11.1 Å². The summed E-state index contributed by atoms with van der Waals surface area (Å²) in [6, 6.07) is 5.28. The monoisotopic (exact) mass is 433 g/mol. The number of anilines is 1. The molecule has 1 aliphatic rings. The Labute approximate surface area is 178 Å². The molecule has 0 unspecified atom stereocenters. The van der Waals surface area contributed by atoms with Gasteiger partial charge in [0.2, 0.25) is 5.82 Å². The van der Waals surface area contributed by atoms with Crippen molar-refractivity contribution in [2.75, 3.05) is 12.4 Å². The van der Waals surface area contributed by atoms with Crippen LogP contribution in [0.3, 0.4) is 0 Å². The molecule has 9 heteroatoms. The number of hydrogen-bond acceptors (Lipinski definition) is 5. The molecule has 0 saturated carbocycles. The number of rotatable bonds is 5. The number of pyridine rings is 1. The lowest BCUT2D eigenvalue weighted by atomic mass is 9.82. The number of methoxy groups -OCH3 is 1. The summed E-state index contributed by atoms with van der Waals surface area (Å²) in [4.78, 5) is 28.3. The van der Waals surface area contributed by atoms with Crippen molar-refractivity contribution in [1.82, 2.24) is 4.98 Å². The molecule has 3 atom stereocenters. The van der Waals surface area contributed by atoms with Crippen LogP contribution in [0.25, 0.3) is 0 Å². The molecule has 2 amide bonds. The number of hydrogen-bond donors (Lipinski definition) is 2. The summed E-state index contributed by atoms with van der Waals surface area (Å²) >= 11 is 0. The fourth-order valence-corrected chi connectivity index (χ4v) is 3.68. The van der Waals surface area contributed by atoms with Crippen molar-refractivity contribution in [3.05, 3.63) is 53.4 Å². The maximum Gasteiger partial charge on any atom is 0.267 e. The molecule has 2 heterocycles. The molecule has 1 aromatic heterocycles. The second kappa shape index (κ2) is 8.58. The third-order valence-corrected chi connectivity index (χ3v) is 5.33. The minimum atomic E-state index is -1.11. The van der Waals surface area contributed by atoms with Crippen molar-refractivity contribution < 1.29 is 27.8 Å². The predicted octanol–water partition coefficient (Wildman–Crippen LogP) is 3.39. The van der Waals surface area contributed by atoms with Crippen molar-refractivity contribution in [3.63, 3.8) is 0 Å². The predicted molar refractivity (Wildman–Crippen MR) is 110 cm³/mol. The SMILES string of the molecule is COc1c([C@@H]2C[C@@H](C(C)(C)C)O[C@H]2C(=O)Nc2ccnc(C(N)=O)c2)ccc(F)c1F. The van der Waals surface area contributed by atoms with Gasteiger partial charge in [-0.15, -0.1) is 0 Å². The molecule has 0 bridgehead atoms. The number of benzene rings is 1. The van der Waals surface area contributed by atoms with Crippen molar-refractivity contribution >= 4 is 17.5 Å². The molecule has 0 spiro atoms. The van der Waals surface area contributed by atoms with Gasteiger partial charge < -0.3 is 20.5 Å². The van der Waals surface area contributed by atoms with Crippen LogP contribution >= 0.6 is 0 Å². The van der Waals surface area contributed by atoms with Gasteiger partial charge in [-0.1, -0.05) is 26.8 Å². The number of carbonyl (C=O) groups excluding carboxylic acids is 2. The Balaban J connectivity index is 1.96. The van der Waals surface area contributed by atoms with Crippen molar-refractivity contribution in [3.8, 4) is 5.75 Å². The summed E-state index contributed by atoms with van der Waals surface area (Å²) < 4.78 is 39.3. The molecule has 1 aromatic carbocycles. The van der Waals surface area contributed by atoms with Gasteiger partial charge in [-0.25, -0.2) is 4.39 Å². The van der Waals surface area contributed by atoms with Gasteiger partial charge in [-0.2, -0.15) is 4.39 Å². The maximum absolute atomic E-state index is 14.4. The minimum Gasteiger partial charge on any atom is -0.493 e. The molecule has 2 aromatic rings. The molecule has 7 nitrogen and oxygen atoms in total. The second-order valence-electron chi connectivity index (χ2n) is 8.52. The molecule has 1 fully saturated rings. The van der Waals surface area contributed by atoms with E-state index in [-0.39, 0.29) is 23.0 Å². The third kappa shape index (κ3) is 4.66. The zero-order valence-electron chi connectivity index (χ0n) is 17.7. The number of primary amides is 1. The van der Waals surface area contributed by atoms with Gasteiger partial charge in [-0.05, 0) is 30.0 Å². The summed E-state index contributed by atoms with van der Waals surface area (Å²) in [7, 11) is 1.25. The zero-order chi connectivity index (χ0) is 22.9. The first-order chi connectivity index (χ1) is 14.5. The van der Waals surface area contributed by atoms with E-state index in [0.29, 0.717) is 17.7 Å². The van der Waals surface area contributed by atoms with E-state index >= 15 is 0 Å². The first-order valence-electron chi connectivity index (χ1n) is 9.77. The van der Waals surface area contributed by atoms with E-state index in [2.05, 4.69) is 10.3 Å². The molecule has 1 saturated heterocycles. The largest absolute Gasteiger partial charge is 0.493 e. The Bertz CT molecular complexity index is 1010. The zero-order valence-corrected chi connectivity index (χ0v) is 17.7. The fourth-order valence-electron chi connectivity index (χ4n) is 3.68. The van der Waals surface area contributed by atoms with Crippen LogP contribution in [0.4, 0.5) is 14.5 Å². The lowest BCUT2D eigenvalue weighted by molar-refractivity contribution is -0.129.